The second kappa shape index (κ2) is 8.12. The van der Waals surface area contributed by atoms with Crippen LogP contribution in [0.25, 0.3) is 0 Å². The lowest BCUT2D eigenvalue weighted by atomic mass is 10.1. The van der Waals surface area contributed by atoms with Gasteiger partial charge in [0, 0.05) is 19.1 Å². The summed E-state index contributed by atoms with van der Waals surface area (Å²) < 4.78 is 14.1. The van der Waals surface area contributed by atoms with Crippen molar-refractivity contribution in [2.24, 2.45) is 0 Å². The number of halogens is 1. The Hall–Kier alpha value is -1.13. The minimum absolute atomic E-state index is 0.0222. The Morgan fingerprint density at radius 2 is 2.11 bits per heavy atom. The van der Waals surface area contributed by atoms with Crippen LogP contribution in [0.2, 0.25) is 0 Å². The number of aliphatic hydroxyl groups excluding tert-OH is 1. The first kappa shape index (κ1) is 15.9. The van der Waals surface area contributed by atoms with Crippen LogP contribution in [-0.4, -0.2) is 30.8 Å². The van der Waals surface area contributed by atoms with E-state index >= 15 is 0 Å². The van der Waals surface area contributed by atoms with E-state index < -0.39 is 0 Å². The molecule has 19 heavy (non-hydrogen) atoms. The van der Waals surface area contributed by atoms with Gasteiger partial charge in [-0.1, -0.05) is 19.1 Å². The molecule has 0 aliphatic carbocycles. The van der Waals surface area contributed by atoms with E-state index in [1.165, 1.54) is 6.07 Å². The van der Waals surface area contributed by atoms with Gasteiger partial charge in [-0.2, -0.15) is 0 Å². The number of aliphatic hydroxyl groups is 1. The molecule has 0 aromatic heterocycles. The molecular weight excluding hydrogens is 243 g/mol. The molecule has 108 valence electrons. The Bertz CT molecular complexity index is 382. The smallest absolute Gasteiger partial charge is 0.146 e. The monoisotopic (exact) mass is 268 g/mol. The van der Waals surface area contributed by atoms with E-state index in [9.17, 15) is 4.39 Å². The van der Waals surface area contributed by atoms with Crippen molar-refractivity contribution in [1.82, 2.24) is 5.32 Å². The van der Waals surface area contributed by atoms with Gasteiger partial charge in [-0.25, -0.2) is 4.39 Å². The average Bonchev–Trinajstić information content (AvgIpc) is 2.37. The van der Waals surface area contributed by atoms with E-state index in [0.717, 1.165) is 18.5 Å². The summed E-state index contributed by atoms with van der Waals surface area (Å²) in [6.45, 7) is 8.14. The third-order valence-electron chi connectivity index (χ3n) is 3.06. The molecule has 0 spiro atoms. The molecule has 0 saturated carbocycles. The Labute approximate surface area is 115 Å². The van der Waals surface area contributed by atoms with Gasteiger partial charge < -0.3 is 15.3 Å². The SMILES string of the molecule is CCCNCc1cccc(F)c1N(CCO)C(C)C. The lowest BCUT2D eigenvalue weighted by molar-refractivity contribution is 0.298. The number of nitrogens with one attached hydrogen (secondary N) is 1. The first-order valence-corrected chi connectivity index (χ1v) is 6.97. The largest absolute Gasteiger partial charge is 0.395 e. The van der Waals surface area contributed by atoms with Crippen molar-refractivity contribution in [3.05, 3.63) is 29.6 Å². The molecule has 0 aliphatic heterocycles. The fraction of sp³-hybridized carbons (Fsp3) is 0.600. The van der Waals surface area contributed by atoms with Gasteiger partial charge in [0.05, 0.1) is 12.3 Å². The predicted octanol–water partition coefficient (Wildman–Crippen LogP) is 2.53. The van der Waals surface area contributed by atoms with Crippen LogP contribution in [0.1, 0.15) is 32.8 Å². The van der Waals surface area contributed by atoms with Crippen LogP contribution in [0, 0.1) is 5.82 Å². The molecule has 0 heterocycles. The van der Waals surface area contributed by atoms with Gasteiger partial charge in [-0.05, 0) is 38.4 Å². The molecule has 3 nitrogen and oxygen atoms in total. The van der Waals surface area contributed by atoms with Crippen LogP contribution in [0.15, 0.2) is 18.2 Å². The van der Waals surface area contributed by atoms with Crippen molar-refractivity contribution in [2.75, 3.05) is 24.6 Å². The lowest BCUT2D eigenvalue weighted by Crippen LogP contribution is -2.35. The van der Waals surface area contributed by atoms with E-state index in [0.29, 0.717) is 18.8 Å². The van der Waals surface area contributed by atoms with Gasteiger partial charge in [0.15, 0.2) is 0 Å². The van der Waals surface area contributed by atoms with E-state index in [2.05, 4.69) is 12.2 Å². The van der Waals surface area contributed by atoms with Crippen molar-refractivity contribution in [2.45, 2.75) is 39.8 Å². The zero-order valence-electron chi connectivity index (χ0n) is 12.1. The van der Waals surface area contributed by atoms with Gasteiger partial charge in [0.1, 0.15) is 5.82 Å². The summed E-state index contributed by atoms with van der Waals surface area (Å²) in [5.74, 6) is -0.224. The minimum atomic E-state index is -0.224. The summed E-state index contributed by atoms with van der Waals surface area (Å²) >= 11 is 0. The molecule has 0 fully saturated rings. The maximum Gasteiger partial charge on any atom is 0.146 e. The minimum Gasteiger partial charge on any atom is -0.395 e. The number of benzene rings is 1. The highest BCUT2D eigenvalue weighted by Gasteiger charge is 2.17. The van der Waals surface area contributed by atoms with E-state index in [1.54, 1.807) is 6.07 Å². The fourth-order valence-corrected chi connectivity index (χ4v) is 2.16. The molecule has 4 heteroatoms. The molecule has 0 atom stereocenters. The van der Waals surface area contributed by atoms with E-state index in [4.69, 9.17) is 5.11 Å². The summed E-state index contributed by atoms with van der Waals surface area (Å²) in [6, 6.07) is 5.30. The van der Waals surface area contributed by atoms with Crippen LogP contribution in [0.3, 0.4) is 0 Å². The third kappa shape index (κ3) is 4.48. The number of nitrogens with zero attached hydrogens (tertiary/aromatic N) is 1. The molecule has 0 saturated heterocycles. The first-order valence-electron chi connectivity index (χ1n) is 6.97. The summed E-state index contributed by atoms with van der Waals surface area (Å²) in [7, 11) is 0. The second-order valence-corrected chi connectivity index (χ2v) is 4.94. The van der Waals surface area contributed by atoms with Crippen molar-refractivity contribution < 1.29 is 9.50 Å². The Balaban J connectivity index is 3.00. The zero-order chi connectivity index (χ0) is 14.3. The summed E-state index contributed by atoms with van der Waals surface area (Å²) in [5.41, 5.74) is 1.55. The number of para-hydroxylation sites is 1. The molecule has 0 aliphatic rings. The van der Waals surface area contributed by atoms with Crippen LogP contribution in [0.4, 0.5) is 10.1 Å². The number of hydrogen-bond acceptors (Lipinski definition) is 3. The zero-order valence-corrected chi connectivity index (χ0v) is 12.1. The Kier molecular flexibility index (Phi) is 6.81. The second-order valence-electron chi connectivity index (χ2n) is 4.94. The number of hydrogen-bond donors (Lipinski definition) is 2. The molecule has 0 unspecified atom stereocenters. The summed E-state index contributed by atoms with van der Waals surface area (Å²) in [4.78, 5) is 1.91. The van der Waals surface area contributed by atoms with Gasteiger partial charge in [0.25, 0.3) is 0 Å². The number of rotatable bonds is 8. The van der Waals surface area contributed by atoms with Gasteiger partial charge in [0.2, 0.25) is 0 Å². The van der Waals surface area contributed by atoms with Crippen LogP contribution >= 0.6 is 0 Å². The molecule has 0 amide bonds. The molecular formula is C15H25FN2O. The Morgan fingerprint density at radius 1 is 1.37 bits per heavy atom. The molecule has 1 aromatic carbocycles. The fourth-order valence-electron chi connectivity index (χ4n) is 2.16. The topological polar surface area (TPSA) is 35.5 Å². The molecule has 0 radical (unpaired) electrons. The van der Waals surface area contributed by atoms with Gasteiger partial charge >= 0.3 is 0 Å². The highest BCUT2D eigenvalue weighted by molar-refractivity contribution is 5.55. The van der Waals surface area contributed by atoms with Crippen molar-refractivity contribution in [3.8, 4) is 0 Å². The molecule has 0 bridgehead atoms. The van der Waals surface area contributed by atoms with Crippen LogP contribution < -0.4 is 10.2 Å². The predicted molar refractivity (Wildman–Crippen MR) is 78.0 cm³/mol. The maximum atomic E-state index is 14.1. The van der Waals surface area contributed by atoms with Crippen LogP contribution in [-0.2, 0) is 6.54 Å². The van der Waals surface area contributed by atoms with E-state index in [1.807, 2.05) is 24.8 Å². The third-order valence-corrected chi connectivity index (χ3v) is 3.06. The highest BCUT2D eigenvalue weighted by Crippen LogP contribution is 2.26. The van der Waals surface area contributed by atoms with Crippen molar-refractivity contribution in [3.63, 3.8) is 0 Å². The van der Waals surface area contributed by atoms with Crippen molar-refractivity contribution >= 4 is 5.69 Å². The van der Waals surface area contributed by atoms with Gasteiger partial charge in [-0.15, -0.1) is 0 Å². The van der Waals surface area contributed by atoms with E-state index in [-0.39, 0.29) is 18.5 Å². The quantitative estimate of drug-likeness (QED) is 0.711. The molecule has 1 rings (SSSR count). The maximum absolute atomic E-state index is 14.1. The summed E-state index contributed by atoms with van der Waals surface area (Å²) in [5, 5.41) is 12.5. The van der Waals surface area contributed by atoms with Crippen molar-refractivity contribution in [1.29, 1.82) is 0 Å². The Morgan fingerprint density at radius 3 is 2.68 bits per heavy atom. The van der Waals surface area contributed by atoms with Crippen LogP contribution in [0.5, 0.6) is 0 Å². The average molecular weight is 268 g/mol. The lowest BCUT2D eigenvalue weighted by Gasteiger charge is -2.30. The summed E-state index contributed by atoms with van der Waals surface area (Å²) in [6.07, 6.45) is 1.05. The standard InChI is InChI=1S/C15H25FN2O/c1-4-8-17-11-13-6-5-7-14(16)15(13)18(9-10-19)12(2)3/h5-7,12,17,19H,4,8-11H2,1-3H3. The normalized spacial score (nSPS) is 11.1. The molecule has 1 aromatic rings. The first-order chi connectivity index (χ1) is 9.11. The number of anilines is 1. The molecule has 2 N–H and O–H groups in total. The highest BCUT2D eigenvalue weighted by atomic mass is 19.1. The van der Waals surface area contributed by atoms with Gasteiger partial charge in [-0.3, -0.25) is 0 Å².